The van der Waals surface area contributed by atoms with Crippen molar-refractivity contribution in [3.63, 3.8) is 0 Å². The Kier molecular flexibility index (Phi) is 7.19. The molecule has 7 heteroatoms. The minimum atomic E-state index is -0.457. The minimum absolute atomic E-state index is 0.00339. The smallest absolute Gasteiger partial charge is 0.316 e. The molecular weight excluding hydrogens is 386 g/mol. The van der Waals surface area contributed by atoms with Gasteiger partial charge in [0.2, 0.25) is 0 Å². The van der Waals surface area contributed by atoms with Crippen LogP contribution >= 0.6 is 11.8 Å². The lowest BCUT2D eigenvalue weighted by atomic mass is 10.2. The highest BCUT2D eigenvalue weighted by Crippen LogP contribution is 2.18. The predicted molar refractivity (Wildman–Crippen MR) is 113 cm³/mol. The van der Waals surface area contributed by atoms with Crippen LogP contribution in [0.4, 0.5) is 0 Å². The number of rotatable bonds is 8. The number of fused-ring (bicyclic) bond motifs is 1. The first kappa shape index (κ1) is 20.8. The summed E-state index contributed by atoms with van der Waals surface area (Å²) in [4.78, 5) is 35.1. The Hall–Kier alpha value is -2.93. The van der Waals surface area contributed by atoms with E-state index in [0.717, 1.165) is 16.6 Å². The molecule has 29 heavy (non-hydrogen) atoms. The van der Waals surface area contributed by atoms with Gasteiger partial charge in [-0.15, -0.1) is 0 Å². The van der Waals surface area contributed by atoms with Crippen LogP contribution < -0.4 is 0 Å². The lowest BCUT2D eigenvalue weighted by molar-refractivity contribution is -0.151. The van der Waals surface area contributed by atoms with Gasteiger partial charge in [0.25, 0.3) is 5.91 Å². The van der Waals surface area contributed by atoms with Crippen molar-refractivity contribution in [2.45, 2.75) is 31.5 Å². The molecule has 0 aliphatic carbocycles. The Balaban J connectivity index is 1.49. The lowest BCUT2D eigenvalue weighted by Crippen LogP contribution is -2.39. The summed E-state index contributed by atoms with van der Waals surface area (Å²) in [5.41, 5.74) is 2.61. The van der Waals surface area contributed by atoms with E-state index in [1.54, 1.807) is 11.1 Å². The number of carbonyl (C=O) groups excluding carboxylic acids is 2. The molecule has 0 saturated heterocycles. The fraction of sp³-hybridized carbons (Fsp3) is 0.273. The Bertz CT molecular complexity index is 979. The van der Waals surface area contributed by atoms with Crippen LogP contribution in [0.3, 0.4) is 0 Å². The van der Waals surface area contributed by atoms with Crippen LogP contribution in [0, 0.1) is 0 Å². The average Bonchev–Trinajstić information content (AvgIpc) is 2.74. The van der Waals surface area contributed by atoms with Crippen LogP contribution in [-0.4, -0.2) is 45.1 Å². The summed E-state index contributed by atoms with van der Waals surface area (Å²) in [6.07, 6.45) is 1.63. The molecule has 3 aromatic rings. The summed E-state index contributed by atoms with van der Waals surface area (Å²) < 4.78 is 5.18. The topological polar surface area (TPSA) is 72.4 Å². The van der Waals surface area contributed by atoms with Crippen LogP contribution in [0.2, 0.25) is 0 Å². The predicted octanol–water partition coefficient (Wildman–Crippen LogP) is 3.70. The van der Waals surface area contributed by atoms with Crippen molar-refractivity contribution in [2.24, 2.45) is 0 Å². The first-order valence-corrected chi connectivity index (χ1v) is 10.3. The van der Waals surface area contributed by atoms with E-state index in [4.69, 9.17) is 4.74 Å². The quantitative estimate of drug-likeness (QED) is 0.417. The summed E-state index contributed by atoms with van der Waals surface area (Å²) >= 11 is 1.24. The largest absolute Gasteiger partial charge is 0.455 e. The molecule has 0 fully saturated rings. The van der Waals surface area contributed by atoms with Crippen molar-refractivity contribution in [1.29, 1.82) is 0 Å². The first-order chi connectivity index (χ1) is 14.0. The van der Waals surface area contributed by atoms with Crippen LogP contribution in [-0.2, 0) is 20.9 Å². The van der Waals surface area contributed by atoms with E-state index in [2.05, 4.69) is 9.97 Å². The highest BCUT2D eigenvalue weighted by molar-refractivity contribution is 7.99. The second kappa shape index (κ2) is 10.0. The number of thioether (sulfide) groups is 1. The maximum Gasteiger partial charge on any atom is 0.316 e. The SMILES string of the molecule is CC(C)N(Cc1ccccc1)C(=O)COC(=O)CSc1cnc2ccccc2n1. The van der Waals surface area contributed by atoms with E-state index in [1.165, 1.54) is 11.8 Å². The maximum atomic E-state index is 12.5. The molecule has 0 aliphatic rings. The fourth-order valence-corrected chi connectivity index (χ4v) is 3.39. The minimum Gasteiger partial charge on any atom is -0.455 e. The molecule has 0 radical (unpaired) electrons. The molecule has 2 aromatic carbocycles. The van der Waals surface area contributed by atoms with Crippen LogP contribution in [0.15, 0.2) is 65.8 Å². The van der Waals surface area contributed by atoms with E-state index >= 15 is 0 Å². The van der Waals surface area contributed by atoms with Gasteiger partial charge in [0.05, 0.1) is 23.0 Å². The summed E-state index contributed by atoms with van der Waals surface area (Å²) in [6, 6.07) is 17.3. The molecule has 1 amide bonds. The number of ether oxygens (including phenoxy) is 1. The van der Waals surface area contributed by atoms with Gasteiger partial charge in [0, 0.05) is 12.6 Å². The highest BCUT2D eigenvalue weighted by Gasteiger charge is 2.19. The number of benzene rings is 2. The zero-order chi connectivity index (χ0) is 20.6. The summed E-state index contributed by atoms with van der Waals surface area (Å²) in [6.45, 7) is 4.10. The molecule has 0 aliphatic heterocycles. The third-order valence-electron chi connectivity index (χ3n) is 4.26. The van der Waals surface area contributed by atoms with Crippen LogP contribution in [0.25, 0.3) is 11.0 Å². The molecule has 0 unspecified atom stereocenters. The molecule has 3 rings (SSSR count). The number of nitrogens with zero attached hydrogens (tertiary/aromatic N) is 3. The molecule has 1 heterocycles. The van der Waals surface area contributed by atoms with Gasteiger partial charge >= 0.3 is 5.97 Å². The average molecular weight is 410 g/mol. The number of amides is 1. The Morgan fingerprint density at radius 3 is 2.45 bits per heavy atom. The molecule has 150 valence electrons. The maximum absolute atomic E-state index is 12.5. The van der Waals surface area contributed by atoms with Crippen molar-refractivity contribution in [1.82, 2.24) is 14.9 Å². The van der Waals surface area contributed by atoms with Gasteiger partial charge in [0.15, 0.2) is 6.61 Å². The molecular formula is C22H23N3O3S. The molecule has 0 N–H and O–H groups in total. The molecule has 1 aromatic heterocycles. The number of carbonyl (C=O) groups is 2. The van der Waals surface area contributed by atoms with Gasteiger partial charge in [0.1, 0.15) is 5.03 Å². The van der Waals surface area contributed by atoms with Gasteiger partial charge in [-0.3, -0.25) is 14.6 Å². The monoisotopic (exact) mass is 409 g/mol. The van der Waals surface area contributed by atoms with Gasteiger partial charge in [-0.1, -0.05) is 54.2 Å². The Morgan fingerprint density at radius 2 is 1.72 bits per heavy atom. The van der Waals surface area contributed by atoms with Gasteiger partial charge in [-0.2, -0.15) is 0 Å². The molecule has 0 atom stereocenters. The fourth-order valence-electron chi connectivity index (χ4n) is 2.75. The number of hydrogen-bond acceptors (Lipinski definition) is 6. The summed E-state index contributed by atoms with van der Waals surface area (Å²) in [5.74, 6) is -0.602. The molecule has 6 nitrogen and oxygen atoms in total. The van der Waals surface area contributed by atoms with Gasteiger partial charge in [-0.25, -0.2) is 4.98 Å². The number of para-hydroxylation sites is 2. The second-order valence-electron chi connectivity index (χ2n) is 6.75. The van der Waals surface area contributed by atoms with Crippen molar-refractivity contribution >= 4 is 34.7 Å². The number of esters is 1. The van der Waals surface area contributed by atoms with Gasteiger partial charge in [-0.05, 0) is 31.5 Å². The zero-order valence-electron chi connectivity index (χ0n) is 16.4. The standard InChI is InChI=1S/C22H23N3O3S/c1-16(2)25(13-17-8-4-3-5-9-17)21(26)14-28-22(27)15-29-20-12-23-18-10-6-7-11-19(18)24-20/h3-12,16H,13-15H2,1-2H3. The normalized spacial score (nSPS) is 10.9. The lowest BCUT2D eigenvalue weighted by Gasteiger charge is -2.26. The van der Waals surface area contributed by atoms with Crippen molar-refractivity contribution in [3.05, 3.63) is 66.4 Å². The molecule has 0 bridgehead atoms. The van der Waals surface area contributed by atoms with E-state index in [0.29, 0.717) is 11.6 Å². The third kappa shape index (κ3) is 6.02. The molecule has 0 saturated carbocycles. The molecule has 0 spiro atoms. The van der Waals surface area contributed by atoms with E-state index in [1.807, 2.05) is 68.4 Å². The number of aromatic nitrogens is 2. The van der Waals surface area contributed by atoms with Crippen molar-refractivity contribution in [3.8, 4) is 0 Å². The highest BCUT2D eigenvalue weighted by atomic mass is 32.2. The van der Waals surface area contributed by atoms with E-state index in [-0.39, 0.29) is 24.3 Å². The zero-order valence-corrected chi connectivity index (χ0v) is 17.3. The van der Waals surface area contributed by atoms with E-state index in [9.17, 15) is 9.59 Å². The first-order valence-electron chi connectivity index (χ1n) is 9.36. The van der Waals surface area contributed by atoms with Crippen molar-refractivity contribution < 1.29 is 14.3 Å². The third-order valence-corrected chi connectivity index (χ3v) is 5.13. The summed E-state index contributed by atoms with van der Waals surface area (Å²) in [7, 11) is 0. The van der Waals surface area contributed by atoms with Crippen LogP contribution in [0.5, 0.6) is 0 Å². The number of hydrogen-bond donors (Lipinski definition) is 0. The second-order valence-corrected chi connectivity index (χ2v) is 7.74. The Morgan fingerprint density at radius 1 is 1.03 bits per heavy atom. The van der Waals surface area contributed by atoms with Crippen LogP contribution in [0.1, 0.15) is 19.4 Å². The van der Waals surface area contributed by atoms with Gasteiger partial charge < -0.3 is 9.64 Å². The Labute approximate surface area is 174 Å². The van der Waals surface area contributed by atoms with Crippen molar-refractivity contribution in [2.75, 3.05) is 12.4 Å². The van der Waals surface area contributed by atoms with E-state index < -0.39 is 5.97 Å². The summed E-state index contributed by atoms with van der Waals surface area (Å²) in [5, 5.41) is 0.639.